The van der Waals surface area contributed by atoms with Gasteiger partial charge in [-0.25, -0.2) is 0 Å². The summed E-state index contributed by atoms with van der Waals surface area (Å²) in [6.45, 7) is 0.492. The number of hydrogen-bond acceptors (Lipinski definition) is 4. The lowest BCUT2D eigenvalue weighted by molar-refractivity contribution is -0.111. The number of halogens is 1. The average Bonchev–Trinajstić information content (AvgIpc) is 3.20. The van der Waals surface area contributed by atoms with E-state index in [1.165, 1.54) is 6.08 Å². The molecule has 1 N–H and O–H groups in total. The van der Waals surface area contributed by atoms with E-state index in [-0.39, 0.29) is 5.91 Å². The van der Waals surface area contributed by atoms with Crippen LogP contribution in [0.5, 0.6) is 5.75 Å². The van der Waals surface area contributed by atoms with Gasteiger partial charge in [-0.2, -0.15) is 0 Å². The van der Waals surface area contributed by atoms with Crippen molar-refractivity contribution >= 4 is 39.2 Å². The van der Waals surface area contributed by atoms with Gasteiger partial charge in [0, 0.05) is 16.7 Å². The number of nitrogens with one attached hydrogen (secondary N) is 1. The lowest BCUT2D eigenvalue weighted by Crippen LogP contribution is -2.09. The summed E-state index contributed by atoms with van der Waals surface area (Å²) in [4.78, 5) is 12.4. The van der Waals surface area contributed by atoms with Gasteiger partial charge in [-0.3, -0.25) is 9.20 Å². The number of anilines is 1. The molecule has 0 aliphatic heterocycles. The Hall–Kier alpha value is -3.45. The summed E-state index contributed by atoms with van der Waals surface area (Å²) in [6, 6.07) is 19.3. The highest BCUT2D eigenvalue weighted by Crippen LogP contribution is 2.21. The number of ether oxygens (including phenoxy) is 1. The highest BCUT2D eigenvalue weighted by atomic mass is 79.9. The molecule has 0 unspecified atom stereocenters. The highest BCUT2D eigenvalue weighted by Gasteiger charge is 2.07. The van der Waals surface area contributed by atoms with Crippen LogP contribution in [0.25, 0.3) is 11.7 Å². The van der Waals surface area contributed by atoms with Crippen molar-refractivity contribution in [3.8, 4) is 5.75 Å². The van der Waals surface area contributed by atoms with Gasteiger partial charge >= 0.3 is 0 Å². The van der Waals surface area contributed by atoms with E-state index >= 15 is 0 Å². The van der Waals surface area contributed by atoms with E-state index < -0.39 is 0 Å². The smallest absolute Gasteiger partial charge is 0.248 e. The maximum Gasteiger partial charge on any atom is 0.248 e. The Balaban J connectivity index is 1.42. The highest BCUT2D eigenvalue weighted by molar-refractivity contribution is 9.10. The molecule has 0 bridgehead atoms. The fourth-order valence-corrected chi connectivity index (χ4v) is 3.24. The topological polar surface area (TPSA) is 68.5 Å². The van der Waals surface area contributed by atoms with Crippen molar-refractivity contribution in [2.24, 2.45) is 0 Å². The van der Waals surface area contributed by atoms with Crippen LogP contribution in [0.15, 0.2) is 83.7 Å². The summed E-state index contributed by atoms with van der Waals surface area (Å²) >= 11 is 3.41. The van der Waals surface area contributed by atoms with Crippen LogP contribution >= 0.6 is 15.9 Å². The number of fused-ring (bicyclic) bond motifs is 1. The molecule has 144 valence electrons. The molecular formula is C22H17BrN4O2. The molecular weight excluding hydrogens is 432 g/mol. The minimum absolute atomic E-state index is 0.261. The van der Waals surface area contributed by atoms with Crippen molar-refractivity contribution in [2.75, 3.05) is 5.32 Å². The zero-order valence-electron chi connectivity index (χ0n) is 15.3. The van der Waals surface area contributed by atoms with E-state index in [1.54, 1.807) is 22.9 Å². The van der Waals surface area contributed by atoms with Crippen LogP contribution in [0, 0.1) is 0 Å². The number of hydrogen-bond donors (Lipinski definition) is 1. The van der Waals surface area contributed by atoms with Crippen molar-refractivity contribution in [1.29, 1.82) is 0 Å². The lowest BCUT2D eigenvalue weighted by atomic mass is 10.2. The van der Waals surface area contributed by atoms with Gasteiger partial charge in [0.05, 0.1) is 5.69 Å². The van der Waals surface area contributed by atoms with Crippen molar-refractivity contribution in [3.63, 3.8) is 0 Å². The molecule has 7 heteroatoms. The molecule has 1 amide bonds. The van der Waals surface area contributed by atoms with Crippen LogP contribution in [0.4, 0.5) is 5.69 Å². The lowest BCUT2D eigenvalue weighted by Gasteiger charge is -2.07. The second-order valence-corrected chi connectivity index (χ2v) is 7.22. The Kier molecular flexibility index (Phi) is 5.67. The van der Waals surface area contributed by atoms with Gasteiger partial charge in [-0.05, 0) is 51.3 Å². The quantitative estimate of drug-likeness (QED) is 0.433. The number of nitrogens with zero attached hydrogens (tertiary/aromatic N) is 3. The van der Waals surface area contributed by atoms with Crippen LogP contribution in [0.2, 0.25) is 0 Å². The Morgan fingerprint density at radius 3 is 2.86 bits per heavy atom. The first-order chi connectivity index (χ1) is 14.2. The molecule has 2 aromatic carbocycles. The number of aromatic nitrogens is 3. The van der Waals surface area contributed by atoms with E-state index in [0.29, 0.717) is 17.9 Å². The summed E-state index contributed by atoms with van der Waals surface area (Å²) < 4.78 is 8.38. The van der Waals surface area contributed by atoms with Crippen LogP contribution in [-0.2, 0) is 11.4 Å². The fourth-order valence-electron chi connectivity index (χ4n) is 2.79. The number of rotatable bonds is 6. The summed E-state index contributed by atoms with van der Waals surface area (Å²) in [5.74, 6) is 0.483. The standard InChI is InChI=1S/C22H17BrN4O2/c23-18-12-20(22-26-24-15-27(22)13-18)25-21(28)10-9-16-7-4-8-19(11-16)29-14-17-5-2-1-3-6-17/h1-13,15H,14H2,(H,25,28)/b10-9+. The van der Waals surface area contributed by atoms with E-state index in [0.717, 1.165) is 21.3 Å². The molecule has 0 radical (unpaired) electrons. The van der Waals surface area contributed by atoms with Crippen LogP contribution in [0.3, 0.4) is 0 Å². The molecule has 0 spiro atoms. The predicted octanol–water partition coefficient (Wildman–Crippen LogP) is 4.72. The molecule has 2 heterocycles. The molecule has 6 nitrogen and oxygen atoms in total. The van der Waals surface area contributed by atoms with E-state index in [2.05, 4.69) is 31.4 Å². The maximum atomic E-state index is 12.4. The molecule has 0 saturated carbocycles. The van der Waals surface area contributed by atoms with Crippen molar-refractivity contribution < 1.29 is 9.53 Å². The fraction of sp³-hybridized carbons (Fsp3) is 0.0455. The minimum atomic E-state index is -0.261. The maximum absolute atomic E-state index is 12.4. The first-order valence-corrected chi connectivity index (χ1v) is 9.71. The molecule has 0 saturated heterocycles. The number of benzene rings is 2. The van der Waals surface area contributed by atoms with E-state index in [9.17, 15) is 4.79 Å². The Morgan fingerprint density at radius 1 is 1.14 bits per heavy atom. The SMILES string of the molecule is O=C(/C=C/c1cccc(OCc2ccccc2)c1)Nc1cc(Br)cn2cnnc12. The first-order valence-electron chi connectivity index (χ1n) is 8.92. The molecule has 0 aliphatic carbocycles. The molecule has 2 aromatic heterocycles. The summed E-state index contributed by atoms with van der Waals surface area (Å²) in [6.07, 6.45) is 6.61. The van der Waals surface area contributed by atoms with Crippen molar-refractivity contribution in [3.05, 3.63) is 94.9 Å². The normalized spacial score (nSPS) is 11.1. The summed E-state index contributed by atoms with van der Waals surface area (Å²) in [5.41, 5.74) is 3.12. The van der Waals surface area contributed by atoms with Gasteiger partial charge in [0.25, 0.3) is 0 Å². The Bertz CT molecular complexity index is 1170. The number of carbonyl (C=O) groups excluding carboxylic acids is 1. The van der Waals surface area contributed by atoms with Gasteiger partial charge in [-0.1, -0.05) is 42.5 Å². The Labute approximate surface area is 176 Å². The number of pyridine rings is 1. The third-order valence-corrected chi connectivity index (χ3v) is 4.58. The molecule has 4 aromatic rings. The van der Waals surface area contributed by atoms with E-state index in [1.807, 2.05) is 60.8 Å². The van der Waals surface area contributed by atoms with Gasteiger partial charge in [-0.15, -0.1) is 10.2 Å². The number of carbonyl (C=O) groups is 1. The van der Waals surface area contributed by atoms with E-state index in [4.69, 9.17) is 4.74 Å². The second kappa shape index (κ2) is 8.70. The third kappa shape index (κ3) is 4.89. The molecule has 29 heavy (non-hydrogen) atoms. The molecule has 0 atom stereocenters. The van der Waals surface area contributed by atoms with Gasteiger partial charge in [0.15, 0.2) is 5.65 Å². The minimum Gasteiger partial charge on any atom is -0.489 e. The van der Waals surface area contributed by atoms with Gasteiger partial charge < -0.3 is 10.1 Å². The Morgan fingerprint density at radius 2 is 2.00 bits per heavy atom. The summed E-state index contributed by atoms with van der Waals surface area (Å²) in [5, 5.41) is 10.7. The first kappa shape index (κ1) is 18.9. The predicted molar refractivity (Wildman–Crippen MR) is 116 cm³/mol. The second-order valence-electron chi connectivity index (χ2n) is 6.30. The van der Waals surface area contributed by atoms with Crippen molar-refractivity contribution in [2.45, 2.75) is 6.61 Å². The largest absolute Gasteiger partial charge is 0.489 e. The monoisotopic (exact) mass is 448 g/mol. The van der Waals surface area contributed by atoms with Gasteiger partial charge in [0.1, 0.15) is 18.7 Å². The van der Waals surface area contributed by atoms with Gasteiger partial charge in [0.2, 0.25) is 5.91 Å². The molecule has 0 aliphatic rings. The van der Waals surface area contributed by atoms with Crippen LogP contribution < -0.4 is 10.1 Å². The summed E-state index contributed by atoms with van der Waals surface area (Å²) in [7, 11) is 0. The van der Waals surface area contributed by atoms with Crippen LogP contribution in [-0.4, -0.2) is 20.5 Å². The van der Waals surface area contributed by atoms with Crippen LogP contribution in [0.1, 0.15) is 11.1 Å². The zero-order chi connectivity index (χ0) is 20.1. The molecule has 4 rings (SSSR count). The van der Waals surface area contributed by atoms with Crippen molar-refractivity contribution in [1.82, 2.24) is 14.6 Å². The molecule has 0 fully saturated rings. The average molecular weight is 449 g/mol. The number of amides is 1. The zero-order valence-corrected chi connectivity index (χ0v) is 16.9. The third-order valence-electron chi connectivity index (χ3n) is 4.15.